The minimum Gasteiger partial charge on any atom is -0.282 e. The summed E-state index contributed by atoms with van der Waals surface area (Å²) in [5.41, 5.74) is 4.19. The number of aryl methyl sites for hydroxylation is 2. The molecule has 0 aliphatic rings. The molecule has 0 spiro atoms. The zero-order valence-electron chi connectivity index (χ0n) is 17.7. The van der Waals surface area contributed by atoms with Crippen LogP contribution in [-0.2, 0) is 11.3 Å². The number of thiazole rings is 1. The Balaban J connectivity index is 1.51. The van der Waals surface area contributed by atoms with Crippen molar-refractivity contribution in [2.24, 2.45) is 0 Å². The maximum atomic E-state index is 13.2. The molecule has 0 N–H and O–H groups in total. The summed E-state index contributed by atoms with van der Waals surface area (Å²) in [5.74, 6) is 0.999. The first-order valence-electron chi connectivity index (χ1n) is 10.4. The Kier molecular flexibility index (Phi) is 6.99. The van der Waals surface area contributed by atoms with Gasteiger partial charge in [-0.25, -0.2) is 4.98 Å². The lowest BCUT2D eigenvalue weighted by Gasteiger charge is -2.19. The van der Waals surface area contributed by atoms with E-state index in [9.17, 15) is 4.79 Å². The zero-order chi connectivity index (χ0) is 21.6. The van der Waals surface area contributed by atoms with E-state index in [1.54, 1.807) is 34.2 Å². The predicted molar refractivity (Wildman–Crippen MR) is 131 cm³/mol. The maximum absolute atomic E-state index is 13.2. The molecule has 0 bridgehead atoms. The topological polar surface area (TPSA) is 46.1 Å². The van der Waals surface area contributed by atoms with E-state index in [1.165, 1.54) is 10.5 Å². The lowest BCUT2D eigenvalue weighted by molar-refractivity contribution is -0.118. The largest absolute Gasteiger partial charge is 0.282 e. The van der Waals surface area contributed by atoms with Crippen molar-refractivity contribution in [3.05, 3.63) is 83.7 Å². The number of amides is 1. The Morgan fingerprint density at radius 1 is 1.06 bits per heavy atom. The highest BCUT2D eigenvalue weighted by Gasteiger charge is 2.21. The van der Waals surface area contributed by atoms with Crippen LogP contribution in [0.25, 0.3) is 10.2 Å². The number of aromatic nitrogens is 2. The smallest absolute Gasteiger partial charge is 0.229 e. The molecule has 0 aliphatic carbocycles. The van der Waals surface area contributed by atoms with E-state index in [0.29, 0.717) is 13.0 Å². The van der Waals surface area contributed by atoms with Crippen LogP contribution in [0, 0.1) is 13.8 Å². The van der Waals surface area contributed by atoms with Gasteiger partial charge < -0.3 is 0 Å². The molecular weight excluding hydrogens is 422 g/mol. The summed E-state index contributed by atoms with van der Waals surface area (Å²) in [7, 11) is 0. The van der Waals surface area contributed by atoms with Crippen LogP contribution in [0.4, 0.5) is 5.13 Å². The first kappa shape index (κ1) is 21.5. The molecule has 31 heavy (non-hydrogen) atoms. The van der Waals surface area contributed by atoms with E-state index in [-0.39, 0.29) is 5.91 Å². The molecule has 158 valence electrons. The maximum Gasteiger partial charge on any atom is 0.229 e. The molecule has 0 radical (unpaired) electrons. The first-order chi connectivity index (χ1) is 15.1. The first-order valence-corrected chi connectivity index (χ1v) is 12.2. The van der Waals surface area contributed by atoms with Gasteiger partial charge >= 0.3 is 0 Å². The van der Waals surface area contributed by atoms with Gasteiger partial charge in [-0.3, -0.25) is 14.7 Å². The summed E-state index contributed by atoms with van der Waals surface area (Å²) in [5, 5.41) is 0.745. The quantitative estimate of drug-likeness (QED) is 0.231. The van der Waals surface area contributed by atoms with Gasteiger partial charge in [-0.15, -0.1) is 11.8 Å². The lowest BCUT2D eigenvalue weighted by atomic mass is 10.1. The van der Waals surface area contributed by atoms with Gasteiger partial charge in [0, 0.05) is 17.5 Å². The number of carbonyl (C=O) groups excluding carboxylic acids is 1. The second-order valence-corrected chi connectivity index (χ2v) is 9.67. The lowest BCUT2D eigenvalue weighted by Crippen LogP contribution is -2.30. The summed E-state index contributed by atoms with van der Waals surface area (Å²) in [6.45, 7) is 4.60. The van der Waals surface area contributed by atoms with Crippen molar-refractivity contribution in [3.8, 4) is 0 Å². The molecule has 4 aromatic rings. The van der Waals surface area contributed by atoms with Crippen LogP contribution in [0.1, 0.15) is 29.7 Å². The minimum atomic E-state index is 0.0905. The van der Waals surface area contributed by atoms with Crippen molar-refractivity contribution in [1.29, 1.82) is 0 Å². The van der Waals surface area contributed by atoms with Crippen molar-refractivity contribution in [1.82, 2.24) is 9.97 Å². The Morgan fingerprint density at radius 3 is 2.65 bits per heavy atom. The van der Waals surface area contributed by atoms with Gasteiger partial charge in [0.15, 0.2) is 5.13 Å². The molecule has 0 aliphatic heterocycles. The van der Waals surface area contributed by atoms with Crippen molar-refractivity contribution in [2.75, 3.05) is 10.7 Å². The number of fused-ring (bicyclic) bond motifs is 1. The van der Waals surface area contributed by atoms with Gasteiger partial charge in [-0.05, 0) is 67.5 Å². The normalized spacial score (nSPS) is 11.0. The molecule has 1 amide bonds. The van der Waals surface area contributed by atoms with Crippen molar-refractivity contribution < 1.29 is 4.79 Å². The molecule has 2 aromatic heterocycles. The second-order valence-electron chi connectivity index (χ2n) is 7.49. The molecule has 0 saturated carbocycles. The van der Waals surface area contributed by atoms with Crippen LogP contribution in [0.3, 0.4) is 0 Å². The van der Waals surface area contributed by atoms with Gasteiger partial charge in [-0.1, -0.05) is 41.7 Å². The molecule has 0 fully saturated rings. The number of anilines is 1. The van der Waals surface area contributed by atoms with Crippen molar-refractivity contribution in [3.63, 3.8) is 0 Å². The molecule has 4 rings (SSSR count). The summed E-state index contributed by atoms with van der Waals surface area (Å²) in [4.78, 5) is 25.5. The number of rotatable bonds is 8. The third kappa shape index (κ3) is 5.51. The summed E-state index contributed by atoms with van der Waals surface area (Å²) >= 11 is 3.36. The van der Waals surface area contributed by atoms with Gasteiger partial charge in [0.2, 0.25) is 5.91 Å². The fraction of sp³-hybridized carbons (Fsp3) is 0.240. The fourth-order valence-corrected chi connectivity index (χ4v) is 5.49. The molecular formula is C25H25N3OS2. The molecule has 6 heteroatoms. The Hall–Kier alpha value is -2.70. The molecule has 2 aromatic carbocycles. The van der Waals surface area contributed by atoms with Gasteiger partial charge in [0.05, 0.1) is 22.5 Å². The van der Waals surface area contributed by atoms with Crippen LogP contribution < -0.4 is 4.90 Å². The summed E-state index contributed by atoms with van der Waals surface area (Å²) in [6, 6.07) is 20.4. The second kappa shape index (κ2) is 10.1. The summed E-state index contributed by atoms with van der Waals surface area (Å²) in [6.07, 6.45) is 3.07. The molecule has 4 nitrogen and oxygen atoms in total. The van der Waals surface area contributed by atoms with Crippen LogP contribution in [0.2, 0.25) is 0 Å². The number of thioether (sulfide) groups is 1. The van der Waals surface area contributed by atoms with E-state index in [0.717, 1.165) is 38.8 Å². The number of carbonyl (C=O) groups is 1. The SMILES string of the molecule is Cc1cc(C)c2nc(N(Cc3ccccn3)C(=O)CCCSc3ccccc3)sc2c1. The van der Waals surface area contributed by atoms with Gasteiger partial charge in [0.1, 0.15) is 0 Å². The van der Waals surface area contributed by atoms with E-state index in [2.05, 4.69) is 43.1 Å². The van der Waals surface area contributed by atoms with Crippen LogP contribution >= 0.6 is 23.1 Å². The van der Waals surface area contributed by atoms with E-state index in [1.807, 2.05) is 36.4 Å². The van der Waals surface area contributed by atoms with E-state index < -0.39 is 0 Å². The number of benzene rings is 2. The van der Waals surface area contributed by atoms with E-state index >= 15 is 0 Å². The third-order valence-electron chi connectivity index (χ3n) is 4.94. The Labute approximate surface area is 191 Å². The standard InChI is InChI=1S/C25H25N3OS2/c1-18-15-19(2)24-22(16-18)31-25(27-24)28(17-20-9-6-7-13-26-20)23(29)12-8-14-30-21-10-4-3-5-11-21/h3-7,9-11,13,15-16H,8,12,14,17H2,1-2H3. The minimum absolute atomic E-state index is 0.0905. The molecule has 0 saturated heterocycles. The predicted octanol–water partition coefficient (Wildman–Crippen LogP) is 6.41. The average Bonchev–Trinajstić information content (AvgIpc) is 3.20. The number of hydrogen-bond donors (Lipinski definition) is 0. The van der Waals surface area contributed by atoms with Gasteiger partial charge in [-0.2, -0.15) is 0 Å². The third-order valence-corrected chi connectivity index (χ3v) is 7.07. The zero-order valence-corrected chi connectivity index (χ0v) is 19.4. The van der Waals surface area contributed by atoms with Crippen LogP contribution in [0.15, 0.2) is 71.8 Å². The molecule has 0 unspecified atom stereocenters. The van der Waals surface area contributed by atoms with Crippen molar-refractivity contribution in [2.45, 2.75) is 38.1 Å². The monoisotopic (exact) mass is 447 g/mol. The van der Waals surface area contributed by atoms with Crippen molar-refractivity contribution >= 4 is 44.4 Å². The Bertz CT molecular complexity index is 1160. The Morgan fingerprint density at radius 2 is 1.87 bits per heavy atom. The average molecular weight is 448 g/mol. The number of nitrogens with zero attached hydrogens (tertiary/aromatic N) is 3. The fourth-order valence-electron chi connectivity index (χ4n) is 3.46. The molecule has 2 heterocycles. The molecule has 0 atom stereocenters. The van der Waals surface area contributed by atoms with Crippen LogP contribution in [0.5, 0.6) is 0 Å². The number of pyridine rings is 1. The highest BCUT2D eigenvalue weighted by atomic mass is 32.2. The van der Waals surface area contributed by atoms with Gasteiger partial charge in [0.25, 0.3) is 0 Å². The number of hydrogen-bond acceptors (Lipinski definition) is 5. The van der Waals surface area contributed by atoms with E-state index in [4.69, 9.17) is 4.98 Å². The highest BCUT2D eigenvalue weighted by Crippen LogP contribution is 2.33. The highest BCUT2D eigenvalue weighted by molar-refractivity contribution is 7.99. The van der Waals surface area contributed by atoms with Crippen LogP contribution in [-0.4, -0.2) is 21.6 Å². The summed E-state index contributed by atoms with van der Waals surface area (Å²) < 4.78 is 1.12.